The lowest BCUT2D eigenvalue weighted by Gasteiger charge is -2.02. The molecule has 3 aromatic rings. The van der Waals surface area contributed by atoms with Gasteiger partial charge in [0.2, 0.25) is 5.91 Å². The molecule has 0 radical (unpaired) electrons. The highest BCUT2D eigenvalue weighted by molar-refractivity contribution is 5.95. The predicted molar refractivity (Wildman–Crippen MR) is 84.5 cm³/mol. The van der Waals surface area contributed by atoms with Crippen LogP contribution < -0.4 is 5.73 Å². The number of nitrogens with zero attached hydrogens (tertiary/aromatic N) is 1. The van der Waals surface area contributed by atoms with Crippen LogP contribution in [-0.2, 0) is 4.79 Å². The van der Waals surface area contributed by atoms with Crippen molar-refractivity contribution in [1.29, 1.82) is 0 Å². The van der Waals surface area contributed by atoms with Crippen LogP contribution in [0.4, 0.5) is 0 Å². The second kappa shape index (κ2) is 5.25. The van der Waals surface area contributed by atoms with Crippen molar-refractivity contribution in [3.05, 3.63) is 59.9 Å². The van der Waals surface area contributed by atoms with Crippen molar-refractivity contribution >= 4 is 23.0 Å². The fourth-order valence-electron chi connectivity index (χ4n) is 2.24. The Morgan fingerprint density at radius 1 is 1.24 bits per heavy atom. The Morgan fingerprint density at radius 3 is 2.71 bits per heavy atom. The maximum absolute atomic E-state index is 10.9. The van der Waals surface area contributed by atoms with E-state index in [1.807, 2.05) is 12.4 Å². The van der Waals surface area contributed by atoms with E-state index in [2.05, 4.69) is 47.2 Å². The fraction of sp³-hybridized carbons (Fsp3) is 0.0588. The van der Waals surface area contributed by atoms with Crippen LogP contribution in [-0.4, -0.2) is 15.9 Å². The molecule has 1 aromatic carbocycles. The molecule has 21 heavy (non-hydrogen) atoms. The number of hydrogen-bond acceptors (Lipinski definition) is 2. The van der Waals surface area contributed by atoms with Crippen LogP contribution in [0.25, 0.3) is 28.2 Å². The van der Waals surface area contributed by atoms with E-state index in [-0.39, 0.29) is 0 Å². The Labute approximate surface area is 122 Å². The standard InChI is InChI=1S/C17H15N3O/c1-11-2-4-12(5-3-11)14-8-15-13(6-7-16(18)21)9-19-17(15)20-10-14/h2-10H,1H3,(H2,18,21)(H,19,20)/b7-6+. The summed E-state index contributed by atoms with van der Waals surface area (Å²) in [6.45, 7) is 2.06. The average Bonchev–Trinajstić information content (AvgIpc) is 2.88. The number of aryl methyl sites for hydroxylation is 1. The number of aromatic amines is 1. The molecule has 1 amide bonds. The first kappa shape index (κ1) is 13.1. The van der Waals surface area contributed by atoms with Gasteiger partial charge in [-0.1, -0.05) is 29.8 Å². The van der Waals surface area contributed by atoms with Crippen LogP contribution in [0.15, 0.2) is 48.8 Å². The number of benzene rings is 1. The zero-order chi connectivity index (χ0) is 14.8. The summed E-state index contributed by atoms with van der Waals surface area (Å²) < 4.78 is 0. The molecule has 0 atom stereocenters. The topological polar surface area (TPSA) is 71.8 Å². The molecule has 104 valence electrons. The van der Waals surface area contributed by atoms with Crippen LogP contribution in [0.3, 0.4) is 0 Å². The molecule has 2 aromatic heterocycles. The van der Waals surface area contributed by atoms with Crippen molar-refractivity contribution in [2.75, 3.05) is 0 Å². The van der Waals surface area contributed by atoms with Crippen molar-refractivity contribution in [3.63, 3.8) is 0 Å². The highest BCUT2D eigenvalue weighted by atomic mass is 16.1. The first-order valence-electron chi connectivity index (χ1n) is 6.65. The molecule has 3 N–H and O–H groups in total. The van der Waals surface area contributed by atoms with Gasteiger partial charge >= 0.3 is 0 Å². The van der Waals surface area contributed by atoms with Gasteiger partial charge in [0.15, 0.2) is 0 Å². The number of amides is 1. The van der Waals surface area contributed by atoms with Gasteiger partial charge < -0.3 is 10.7 Å². The summed E-state index contributed by atoms with van der Waals surface area (Å²) in [5.74, 6) is -0.466. The van der Waals surface area contributed by atoms with E-state index in [1.54, 1.807) is 6.08 Å². The molecule has 2 heterocycles. The number of nitrogens with one attached hydrogen (secondary N) is 1. The maximum atomic E-state index is 10.9. The lowest BCUT2D eigenvalue weighted by atomic mass is 10.0. The van der Waals surface area contributed by atoms with Crippen molar-refractivity contribution in [3.8, 4) is 11.1 Å². The van der Waals surface area contributed by atoms with Crippen LogP contribution in [0.1, 0.15) is 11.1 Å². The minimum atomic E-state index is -0.466. The molecule has 0 saturated heterocycles. The van der Waals surface area contributed by atoms with E-state index in [4.69, 9.17) is 5.73 Å². The number of pyridine rings is 1. The third kappa shape index (κ3) is 2.69. The van der Waals surface area contributed by atoms with Gasteiger partial charge in [0.1, 0.15) is 5.65 Å². The van der Waals surface area contributed by atoms with Crippen LogP contribution in [0.2, 0.25) is 0 Å². The molecular formula is C17H15N3O. The average molecular weight is 277 g/mol. The number of rotatable bonds is 3. The minimum absolute atomic E-state index is 0.466. The first-order chi connectivity index (χ1) is 10.1. The number of aromatic nitrogens is 2. The minimum Gasteiger partial charge on any atom is -0.366 e. The molecule has 0 aliphatic heterocycles. The third-order valence-electron chi connectivity index (χ3n) is 3.38. The lowest BCUT2D eigenvalue weighted by molar-refractivity contribution is -0.113. The number of nitrogens with two attached hydrogens (primary N) is 1. The van der Waals surface area contributed by atoms with Gasteiger partial charge in [0, 0.05) is 35.0 Å². The lowest BCUT2D eigenvalue weighted by Crippen LogP contribution is -2.04. The van der Waals surface area contributed by atoms with E-state index in [9.17, 15) is 4.79 Å². The molecule has 0 fully saturated rings. The summed E-state index contributed by atoms with van der Waals surface area (Å²) in [4.78, 5) is 18.4. The van der Waals surface area contributed by atoms with E-state index in [0.29, 0.717) is 0 Å². The number of H-pyrrole nitrogens is 1. The monoisotopic (exact) mass is 277 g/mol. The van der Waals surface area contributed by atoms with E-state index < -0.39 is 5.91 Å². The Bertz CT molecular complexity index is 829. The number of carbonyl (C=O) groups is 1. The van der Waals surface area contributed by atoms with Crippen LogP contribution in [0, 0.1) is 6.92 Å². The van der Waals surface area contributed by atoms with Gasteiger partial charge in [-0.2, -0.15) is 0 Å². The Kier molecular flexibility index (Phi) is 3.28. The van der Waals surface area contributed by atoms with E-state index in [0.717, 1.165) is 27.7 Å². The molecule has 0 aliphatic carbocycles. The second-order valence-corrected chi connectivity index (χ2v) is 4.97. The quantitative estimate of drug-likeness (QED) is 0.722. The molecule has 0 unspecified atom stereocenters. The molecule has 0 saturated carbocycles. The molecular weight excluding hydrogens is 262 g/mol. The highest BCUT2D eigenvalue weighted by Gasteiger charge is 2.05. The van der Waals surface area contributed by atoms with Gasteiger partial charge in [-0.15, -0.1) is 0 Å². The summed E-state index contributed by atoms with van der Waals surface area (Å²) in [6.07, 6.45) is 6.70. The number of hydrogen-bond donors (Lipinski definition) is 2. The fourth-order valence-corrected chi connectivity index (χ4v) is 2.24. The summed E-state index contributed by atoms with van der Waals surface area (Å²) in [7, 11) is 0. The zero-order valence-electron chi connectivity index (χ0n) is 11.6. The van der Waals surface area contributed by atoms with E-state index in [1.165, 1.54) is 11.6 Å². The molecule has 3 rings (SSSR count). The molecule has 4 heteroatoms. The van der Waals surface area contributed by atoms with Gasteiger partial charge in [0.25, 0.3) is 0 Å². The third-order valence-corrected chi connectivity index (χ3v) is 3.38. The number of primary amides is 1. The van der Waals surface area contributed by atoms with Crippen molar-refractivity contribution < 1.29 is 4.79 Å². The SMILES string of the molecule is Cc1ccc(-c2cnc3[nH]cc(/C=C/C(N)=O)c3c2)cc1. The van der Waals surface area contributed by atoms with Crippen molar-refractivity contribution in [2.45, 2.75) is 6.92 Å². The number of carbonyl (C=O) groups excluding carboxylic acids is 1. The van der Waals surface area contributed by atoms with E-state index >= 15 is 0 Å². The smallest absolute Gasteiger partial charge is 0.241 e. The Morgan fingerprint density at radius 2 is 2.00 bits per heavy atom. The van der Waals surface area contributed by atoms with Gasteiger partial charge in [-0.05, 0) is 24.6 Å². The summed E-state index contributed by atoms with van der Waals surface area (Å²) in [5, 5.41) is 0.963. The number of fused-ring (bicyclic) bond motifs is 1. The predicted octanol–water partition coefficient (Wildman–Crippen LogP) is 3.04. The molecule has 0 spiro atoms. The largest absolute Gasteiger partial charge is 0.366 e. The Hall–Kier alpha value is -2.88. The van der Waals surface area contributed by atoms with Crippen LogP contribution in [0.5, 0.6) is 0 Å². The molecule has 0 bridgehead atoms. The van der Waals surface area contributed by atoms with Gasteiger partial charge in [-0.25, -0.2) is 4.98 Å². The van der Waals surface area contributed by atoms with Crippen molar-refractivity contribution in [1.82, 2.24) is 9.97 Å². The summed E-state index contributed by atoms with van der Waals surface area (Å²) in [6, 6.07) is 10.4. The summed E-state index contributed by atoms with van der Waals surface area (Å²) >= 11 is 0. The van der Waals surface area contributed by atoms with Crippen LogP contribution >= 0.6 is 0 Å². The summed E-state index contributed by atoms with van der Waals surface area (Å²) in [5.41, 5.74) is 10.2. The van der Waals surface area contributed by atoms with Crippen molar-refractivity contribution in [2.24, 2.45) is 5.73 Å². The Balaban J connectivity index is 2.08. The van der Waals surface area contributed by atoms with Gasteiger partial charge in [0.05, 0.1) is 0 Å². The first-order valence-corrected chi connectivity index (χ1v) is 6.65. The second-order valence-electron chi connectivity index (χ2n) is 4.97. The maximum Gasteiger partial charge on any atom is 0.241 e. The highest BCUT2D eigenvalue weighted by Crippen LogP contribution is 2.25. The van der Waals surface area contributed by atoms with Gasteiger partial charge in [-0.3, -0.25) is 4.79 Å². The normalized spacial score (nSPS) is 11.3. The molecule has 0 aliphatic rings. The molecule has 4 nitrogen and oxygen atoms in total. The zero-order valence-corrected chi connectivity index (χ0v) is 11.6.